The van der Waals surface area contributed by atoms with Crippen molar-refractivity contribution >= 4 is 11.9 Å². The Hall–Kier alpha value is -1.85. The average Bonchev–Trinajstić information content (AvgIpc) is 2.31. The molecular formula is C14H24N4O2. The van der Waals surface area contributed by atoms with Gasteiger partial charge in [-0.3, -0.25) is 4.79 Å². The summed E-state index contributed by atoms with van der Waals surface area (Å²) in [7, 11) is 0. The van der Waals surface area contributed by atoms with Crippen molar-refractivity contribution in [3.8, 4) is 5.88 Å². The summed E-state index contributed by atoms with van der Waals surface area (Å²) in [6.07, 6.45) is 0.916. The third-order valence-electron chi connectivity index (χ3n) is 2.21. The minimum Gasteiger partial charge on any atom is -0.478 e. The van der Waals surface area contributed by atoms with Gasteiger partial charge in [-0.05, 0) is 34.1 Å². The number of nitrogens with one attached hydrogen (secondary N) is 2. The van der Waals surface area contributed by atoms with E-state index in [1.54, 1.807) is 6.07 Å². The smallest absolute Gasteiger partial charge is 0.239 e. The lowest BCUT2D eigenvalue weighted by Gasteiger charge is -2.20. The number of aromatic nitrogens is 2. The monoisotopic (exact) mass is 280 g/mol. The SMILES string of the molecule is CCCOc1cc(C)nc(NCC(=O)NC(C)(C)C)n1. The minimum atomic E-state index is -0.248. The lowest BCUT2D eigenvalue weighted by atomic mass is 10.1. The summed E-state index contributed by atoms with van der Waals surface area (Å²) in [5.41, 5.74) is 0.548. The van der Waals surface area contributed by atoms with E-state index in [4.69, 9.17) is 4.74 Å². The highest BCUT2D eigenvalue weighted by molar-refractivity contribution is 5.80. The summed E-state index contributed by atoms with van der Waals surface area (Å²) < 4.78 is 5.47. The number of aryl methyl sites for hydroxylation is 1. The number of hydrogen-bond donors (Lipinski definition) is 2. The molecule has 0 aliphatic rings. The summed E-state index contributed by atoms with van der Waals surface area (Å²) in [5.74, 6) is 0.830. The van der Waals surface area contributed by atoms with Gasteiger partial charge in [0.15, 0.2) is 0 Å². The van der Waals surface area contributed by atoms with Crippen LogP contribution in [0.3, 0.4) is 0 Å². The normalized spacial score (nSPS) is 11.1. The third-order valence-corrected chi connectivity index (χ3v) is 2.21. The van der Waals surface area contributed by atoms with E-state index in [1.807, 2.05) is 34.6 Å². The molecule has 1 rings (SSSR count). The molecule has 0 aromatic carbocycles. The number of hydrogen-bond acceptors (Lipinski definition) is 5. The summed E-state index contributed by atoms with van der Waals surface area (Å²) >= 11 is 0. The molecule has 1 heterocycles. The molecule has 112 valence electrons. The van der Waals surface area contributed by atoms with Crippen LogP contribution in [0.25, 0.3) is 0 Å². The largest absolute Gasteiger partial charge is 0.478 e. The summed E-state index contributed by atoms with van der Waals surface area (Å²) in [6, 6.07) is 1.77. The van der Waals surface area contributed by atoms with Crippen molar-refractivity contribution in [2.45, 2.75) is 46.6 Å². The molecule has 0 aliphatic heterocycles. The van der Waals surface area contributed by atoms with Gasteiger partial charge in [0.2, 0.25) is 17.7 Å². The van der Waals surface area contributed by atoms with Gasteiger partial charge in [-0.25, -0.2) is 4.98 Å². The maximum Gasteiger partial charge on any atom is 0.239 e. The highest BCUT2D eigenvalue weighted by Crippen LogP contribution is 2.12. The molecular weight excluding hydrogens is 256 g/mol. The van der Waals surface area contributed by atoms with Gasteiger partial charge in [-0.15, -0.1) is 0 Å². The average molecular weight is 280 g/mol. The van der Waals surface area contributed by atoms with Crippen LogP contribution in [0.2, 0.25) is 0 Å². The van der Waals surface area contributed by atoms with Gasteiger partial charge in [0.05, 0.1) is 13.2 Å². The van der Waals surface area contributed by atoms with Gasteiger partial charge in [-0.2, -0.15) is 4.98 Å². The molecule has 6 nitrogen and oxygen atoms in total. The van der Waals surface area contributed by atoms with E-state index >= 15 is 0 Å². The van der Waals surface area contributed by atoms with Gasteiger partial charge in [0.25, 0.3) is 0 Å². The third kappa shape index (κ3) is 6.36. The Morgan fingerprint density at radius 2 is 2.05 bits per heavy atom. The number of rotatable bonds is 6. The number of carbonyl (C=O) groups excluding carboxylic acids is 1. The molecule has 2 N–H and O–H groups in total. The van der Waals surface area contributed by atoms with Crippen LogP contribution in [-0.4, -0.2) is 34.6 Å². The van der Waals surface area contributed by atoms with Crippen LogP contribution in [-0.2, 0) is 4.79 Å². The summed E-state index contributed by atoms with van der Waals surface area (Å²) in [4.78, 5) is 20.2. The van der Waals surface area contributed by atoms with E-state index in [-0.39, 0.29) is 18.0 Å². The van der Waals surface area contributed by atoms with Crippen molar-refractivity contribution in [2.75, 3.05) is 18.5 Å². The van der Waals surface area contributed by atoms with Crippen LogP contribution < -0.4 is 15.4 Å². The van der Waals surface area contributed by atoms with Gasteiger partial charge in [-0.1, -0.05) is 6.92 Å². The number of amides is 1. The number of carbonyl (C=O) groups is 1. The Labute approximate surface area is 120 Å². The van der Waals surface area contributed by atoms with E-state index in [0.717, 1.165) is 12.1 Å². The van der Waals surface area contributed by atoms with Crippen LogP contribution in [0.5, 0.6) is 5.88 Å². The molecule has 0 fully saturated rings. The highest BCUT2D eigenvalue weighted by Gasteiger charge is 2.13. The van der Waals surface area contributed by atoms with Gasteiger partial charge in [0.1, 0.15) is 0 Å². The molecule has 0 saturated carbocycles. The Balaban J connectivity index is 2.59. The lowest BCUT2D eigenvalue weighted by molar-refractivity contribution is -0.120. The van der Waals surface area contributed by atoms with Crippen LogP contribution >= 0.6 is 0 Å². The predicted octanol–water partition coefficient (Wildman–Crippen LogP) is 1.90. The van der Waals surface area contributed by atoms with E-state index in [1.165, 1.54) is 0 Å². The second-order valence-corrected chi connectivity index (χ2v) is 5.67. The molecule has 0 bridgehead atoms. The Morgan fingerprint density at radius 1 is 1.35 bits per heavy atom. The fourth-order valence-corrected chi connectivity index (χ4v) is 1.52. The molecule has 0 atom stereocenters. The second-order valence-electron chi connectivity index (χ2n) is 5.67. The minimum absolute atomic E-state index is 0.0985. The van der Waals surface area contributed by atoms with Gasteiger partial charge >= 0.3 is 0 Å². The molecule has 1 amide bonds. The van der Waals surface area contributed by atoms with E-state index in [2.05, 4.69) is 20.6 Å². The molecule has 0 aliphatic carbocycles. The van der Waals surface area contributed by atoms with Crippen LogP contribution in [0, 0.1) is 6.92 Å². The standard InChI is InChI=1S/C14H24N4O2/c1-6-7-20-12-8-10(2)16-13(17-12)15-9-11(19)18-14(3,4)5/h8H,6-7,9H2,1-5H3,(H,18,19)(H,15,16,17). The lowest BCUT2D eigenvalue weighted by Crippen LogP contribution is -2.43. The van der Waals surface area contributed by atoms with E-state index < -0.39 is 0 Å². The molecule has 20 heavy (non-hydrogen) atoms. The summed E-state index contributed by atoms with van der Waals surface area (Å²) in [6.45, 7) is 10.4. The fourth-order valence-electron chi connectivity index (χ4n) is 1.52. The molecule has 0 radical (unpaired) electrons. The van der Waals surface area contributed by atoms with Crippen molar-refractivity contribution in [1.82, 2.24) is 15.3 Å². The zero-order valence-corrected chi connectivity index (χ0v) is 12.9. The van der Waals surface area contributed by atoms with Crippen molar-refractivity contribution < 1.29 is 9.53 Å². The van der Waals surface area contributed by atoms with E-state index in [9.17, 15) is 4.79 Å². The molecule has 1 aromatic heterocycles. The van der Waals surface area contributed by atoms with Crippen molar-refractivity contribution in [2.24, 2.45) is 0 Å². The Bertz CT molecular complexity index is 455. The highest BCUT2D eigenvalue weighted by atomic mass is 16.5. The quantitative estimate of drug-likeness (QED) is 0.832. The van der Waals surface area contributed by atoms with Crippen molar-refractivity contribution in [1.29, 1.82) is 0 Å². The number of nitrogens with zero attached hydrogens (tertiary/aromatic N) is 2. The number of anilines is 1. The van der Waals surface area contributed by atoms with Crippen molar-refractivity contribution in [3.05, 3.63) is 11.8 Å². The predicted molar refractivity (Wildman–Crippen MR) is 78.9 cm³/mol. The molecule has 0 spiro atoms. The zero-order valence-electron chi connectivity index (χ0n) is 12.9. The van der Waals surface area contributed by atoms with E-state index in [0.29, 0.717) is 18.4 Å². The zero-order chi connectivity index (χ0) is 15.2. The van der Waals surface area contributed by atoms with Gasteiger partial charge in [0, 0.05) is 17.3 Å². The first-order chi connectivity index (χ1) is 9.30. The number of ether oxygens (including phenoxy) is 1. The first kappa shape index (κ1) is 16.2. The fraction of sp³-hybridized carbons (Fsp3) is 0.643. The maximum atomic E-state index is 11.7. The second kappa shape index (κ2) is 7.07. The molecule has 0 saturated heterocycles. The molecule has 0 unspecified atom stereocenters. The molecule has 6 heteroatoms. The Morgan fingerprint density at radius 3 is 2.65 bits per heavy atom. The topological polar surface area (TPSA) is 76.1 Å². The maximum absolute atomic E-state index is 11.7. The first-order valence-corrected chi connectivity index (χ1v) is 6.83. The van der Waals surface area contributed by atoms with Crippen LogP contribution in [0.4, 0.5) is 5.95 Å². The Kier molecular flexibility index (Phi) is 5.73. The van der Waals surface area contributed by atoms with Gasteiger partial charge < -0.3 is 15.4 Å². The van der Waals surface area contributed by atoms with Crippen LogP contribution in [0.15, 0.2) is 6.07 Å². The summed E-state index contributed by atoms with van der Waals surface area (Å²) in [5, 5.41) is 5.78. The van der Waals surface area contributed by atoms with Crippen molar-refractivity contribution in [3.63, 3.8) is 0 Å². The molecule has 1 aromatic rings. The van der Waals surface area contributed by atoms with Crippen LogP contribution in [0.1, 0.15) is 39.8 Å². The first-order valence-electron chi connectivity index (χ1n) is 6.83.